The average molecular weight is 146 g/mol. The Kier molecular flexibility index (Phi) is 7.46. The summed E-state index contributed by atoms with van der Waals surface area (Å²) in [4.78, 5) is 24.5. The molecular weight excluding hydrogens is 135 g/mol. The van der Waals surface area contributed by atoms with Crippen LogP contribution in [0, 0.1) is 0 Å². The summed E-state index contributed by atoms with van der Waals surface area (Å²) >= 11 is 0. The summed E-state index contributed by atoms with van der Waals surface area (Å²) in [5.74, 6) is 0. The maximum atomic E-state index is 8.18. The van der Waals surface area contributed by atoms with Gasteiger partial charge in [-0.15, -0.1) is 0 Å². The van der Waals surface area contributed by atoms with Crippen LogP contribution < -0.4 is 18.9 Å². The van der Waals surface area contributed by atoms with Crippen LogP contribution in [0.4, 0.5) is 0 Å². The van der Waals surface area contributed by atoms with E-state index in [-0.39, 0.29) is 26.9 Å². The van der Waals surface area contributed by atoms with Crippen molar-refractivity contribution >= 4 is 9.05 Å². The van der Waals surface area contributed by atoms with Crippen molar-refractivity contribution in [3.63, 3.8) is 0 Å². The first kappa shape index (κ1) is 12.3. The SMILES string of the molecule is CCCO[Si](O)(O)O.[H-].[Li+]. The minimum atomic E-state index is -4.18. The van der Waals surface area contributed by atoms with Crippen LogP contribution in [0.2, 0.25) is 0 Å². The Labute approximate surface area is 68.6 Å². The maximum Gasteiger partial charge on any atom is 1.00 e. The molecule has 0 aliphatic heterocycles. The van der Waals surface area contributed by atoms with Gasteiger partial charge in [0.15, 0.2) is 0 Å². The molecule has 0 aromatic rings. The molecule has 0 radical (unpaired) electrons. The van der Waals surface area contributed by atoms with E-state index in [2.05, 4.69) is 4.43 Å². The zero-order valence-corrected chi connectivity index (χ0v) is 6.66. The Balaban J connectivity index is -0.000000245. The van der Waals surface area contributed by atoms with E-state index in [9.17, 15) is 0 Å². The van der Waals surface area contributed by atoms with Crippen LogP contribution in [-0.4, -0.2) is 30.0 Å². The summed E-state index contributed by atoms with van der Waals surface area (Å²) in [5, 5.41) is 0. The Morgan fingerprint density at radius 3 is 2.00 bits per heavy atom. The molecule has 0 amide bonds. The average Bonchev–Trinajstić information content (AvgIpc) is 1.59. The first-order valence-electron chi connectivity index (χ1n) is 2.37. The molecule has 0 rings (SSSR count). The van der Waals surface area contributed by atoms with Crippen molar-refractivity contribution in [3.05, 3.63) is 0 Å². The summed E-state index contributed by atoms with van der Waals surface area (Å²) in [5.41, 5.74) is 0. The molecule has 52 valence electrons. The summed E-state index contributed by atoms with van der Waals surface area (Å²) in [6, 6.07) is 0. The molecule has 4 nitrogen and oxygen atoms in total. The third-order valence-corrected chi connectivity index (χ3v) is 1.09. The van der Waals surface area contributed by atoms with Crippen LogP contribution in [0.3, 0.4) is 0 Å². The molecule has 0 atom stereocenters. The topological polar surface area (TPSA) is 69.9 Å². The van der Waals surface area contributed by atoms with Gasteiger partial charge in [0.05, 0.1) is 0 Å². The van der Waals surface area contributed by atoms with Crippen LogP contribution in [0.1, 0.15) is 14.8 Å². The summed E-state index contributed by atoms with van der Waals surface area (Å²) in [7, 11) is -4.18. The number of rotatable bonds is 3. The number of hydrogen-bond acceptors (Lipinski definition) is 4. The molecule has 0 aromatic carbocycles. The summed E-state index contributed by atoms with van der Waals surface area (Å²) in [6.45, 7) is 2.00. The van der Waals surface area contributed by atoms with Gasteiger partial charge in [-0.1, -0.05) is 6.92 Å². The first-order valence-corrected chi connectivity index (χ1v) is 4.12. The van der Waals surface area contributed by atoms with Crippen LogP contribution in [0.15, 0.2) is 0 Å². The summed E-state index contributed by atoms with van der Waals surface area (Å²) < 4.78 is 4.18. The van der Waals surface area contributed by atoms with E-state index in [1.165, 1.54) is 0 Å². The van der Waals surface area contributed by atoms with Gasteiger partial charge in [0, 0.05) is 6.61 Å². The minimum absolute atomic E-state index is 0. The molecule has 0 spiro atoms. The Morgan fingerprint density at radius 1 is 1.44 bits per heavy atom. The minimum Gasteiger partial charge on any atom is -1.00 e. The zero-order valence-electron chi connectivity index (χ0n) is 6.66. The van der Waals surface area contributed by atoms with Gasteiger partial charge in [-0.2, -0.15) is 0 Å². The van der Waals surface area contributed by atoms with Crippen LogP contribution in [0.25, 0.3) is 0 Å². The first-order chi connectivity index (χ1) is 3.56. The molecule has 0 heterocycles. The second kappa shape index (κ2) is 5.44. The monoisotopic (exact) mass is 146 g/mol. The Morgan fingerprint density at radius 2 is 1.89 bits per heavy atom. The van der Waals surface area contributed by atoms with Crippen molar-refractivity contribution in [3.8, 4) is 0 Å². The third kappa shape index (κ3) is 12.0. The molecule has 6 heteroatoms. The van der Waals surface area contributed by atoms with Gasteiger partial charge in [0.25, 0.3) is 0 Å². The molecular formula is C3H11LiO4Si. The fraction of sp³-hybridized carbons (Fsp3) is 1.00. The van der Waals surface area contributed by atoms with Crippen LogP contribution in [0.5, 0.6) is 0 Å². The van der Waals surface area contributed by atoms with Crippen molar-refractivity contribution in [2.75, 3.05) is 6.61 Å². The van der Waals surface area contributed by atoms with E-state index in [4.69, 9.17) is 14.4 Å². The molecule has 0 fully saturated rings. The molecule has 0 aliphatic rings. The molecule has 0 unspecified atom stereocenters. The molecule has 0 saturated carbocycles. The normalized spacial score (nSPS) is 10.7. The summed E-state index contributed by atoms with van der Waals surface area (Å²) in [6.07, 6.45) is 0.663. The quantitative estimate of drug-likeness (QED) is 0.354. The standard InChI is InChI=1S/C3H10O4Si.Li.H/c1-2-3-7-8(4,5)6;;/h4-6H,2-3H2,1H3;;/q;+1;-1. The van der Waals surface area contributed by atoms with Gasteiger partial charge in [-0.05, 0) is 6.42 Å². The number of hydrogen-bond donors (Lipinski definition) is 3. The maximum absolute atomic E-state index is 8.18. The second-order valence-corrected chi connectivity index (χ2v) is 2.86. The fourth-order valence-electron chi connectivity index (χ4n) is 0.239. The van der Waals surface area contributed by atoms with Gasteiger partial charge >= 0.3 is 27.9 Å². The Hall–Kier alpha value is 0.654. The van der Waals surface area contributed by atoms with Crippen LogP contribution >= 0.6 is 0 Å². The van der Waals surface area contributed by atoms with Crippen LogP contribution in [-0.2, 0) is 4.43 Å². The largest absolute Gasteiger partial charge is 1.00 e. The zero-order chi connectivity index (χ0) is 6.62. The van der Waals surface area contributed by atoms with Gasteiger partial charge in [-0.3, -0.25) is 0 Å². The van der Waals surface area contributed by atoms with Crippen molar-refractivity contribution in [1.82, 2.24) is 0 Å². The predicted molar refractivity (Wildman–Crippen MR) is 29.8 cm³/mol. The molecule has 0 saturated heterocycles. The fourth-order valence-corrected chi connectivity index (χ4v) is 0.717. The van der Waals surface area contributed by atoms with E-state index >= 15 is 0 Å². The van der Waals surface area contributed by atoms with E-state index < -0.39 is 9.05 Å². The third-order valence-electron chi connectivity index (χ3n) is 0.500. The molecule has 0 bridgehead atoms. The predicted octanol–water partition coefficient (Wildman–Crippen LogP) is -4.06. The van der Waals surface area contributed by atoms with Crippen molar-refractivity contribution < 1.29 is 39.1 Å². The molecule has 0 aromatic heterocycles. The van der Waals surface area contributed by atoms with E-state index in [1.807, 2.05) is 0 Å². The second-order valence-electron chi connectivity index (χ2n) is 1.42. The van der Waals surface area contributed by atoms with Crippen molar-refractivity contribution in [2.24, 2.45) is 0 Å². The molecule has 9 heavy (non-hydrogen) atoms. The Bertz CT molecular complexity index is 68.0. The molecule has 0 aliphatic carbocycles. The van der Waals surface area contributed by atoms with Crippen molar-refractivity contribution in [1.29, 1.82) is 0 Å². The van der Waals surface area contributed by atoms with E-state index in [0.29, 0.717) is 6.42 Å². The van der Waals surface area contributed by atoms with Crippen molar-refractivity contribution in [2.45, 2.75) is 13.3 Å². The smallest absolute Gasteiger partial charge is 1.00 e. The van der Waals surface area contributed by atoms with Gasteiger partial charge in [0.1, 0.15) is 0 Å². The van der Waals surface area contributed by atoms with E-state index in [0.717, 1.165) is 0 Å². The van der Waals surface area contributed by atoms with Gasteiger partial charge < -0.3 is 20.2 Å². The molecule has 3 N–H and O–H groups in total. The van der Waals surface area contributed by atoms with E-state index in [1.54, 1.807) is 6.92 Å². The van der Waals surface area contributed by atoms with Gasteiger partial charge in [-0.25, -0.2) is 0 Å². The van der Waals surface area contributed by atoms with Gasteiger partial charge in [0.2, 0.25) is 0 Å².